The highest BCUT2D eigenvalue weighted by atomic mass is 16.1. The second-order valence-electron chi connectivity index (χ2n) is 5.85. The van der Waals surface area contributed by atoms with Crippen LogP contribution >= 0.6 is 0 Å². The van der Waals surface area contributed by atoms with Crippen molar-refractivity contribution in [1.82, 2.24) is 25.1 Å². The van der Waals surface area contributed by atoms with Gasteiger partial charge in [0.1, 0.15) is 12.2 Å². The molecule has 3 aromatic rings. The Bertz CT molecular complexity index is 827. The monoisotopic (exact) mass is 335 g/mol. The third-order valence-corrected chi connectivity index (χ3v) is 3.98. The molecule has 0 aliphatic heterocycles. The number of carbonyl (C=O) groups excluding carboxylic acids is 1. The van der Waals surface area contributed by atoms with E-state index in [1.807, 2.05) is 48.0 Å². The van der Waals surface area contributed by atoms with Gasteiger partial charge in [-0.1, -0.05) is 19.1 Å². The Morgan fingerprint density at radius 1 is 1.12 bits per heavy atom. The highest BCUT2D eigenvalue weighted by molar-refractivity contribution is 5.94. The minimum absolute atomic E-state index is 0.125. The fraction of sp³-hybridized carbons (Fsp3) is 0.263. The Labute approximate surface area is 146 Å². The largest absolute Gasteiger partial charge is 0.342 e. The number of pyridine rings is 1. The van der Waals surface area contributed by atoms with Crippen molar-refractivity contribution < 1.29 is 4.79 Å². The molecular formula is C19H21N5O. The zero-order valence-corrected chi connectivity index (χ0v) is 14.4. The van der Waals surface area contributed by atoms with Crippen molar-refractivity contribution in [2.75, 3.05) is 0 Å². The lowest BCUT2D eigenvalue weighted by Gasteiger charge is -2.14. The van der Waals surface area contributed by atoms with E-state index in [-0.39, 0.29) is 11.9 Å². The number of carbonyl (C=O) groups is 1. The molecular weight excluding hydrogens is 314 g/mol. The number of hydrogen-bond acceptors (Lipinski definition) is 4. The first kappa shape index (κ1) is 16.8. The third kappa shape index (κ3) is 3.91. The molecule has 0 bridgehead atoms. The van der Waals surface area contributed by atoms with Crippen LogP contribution in [0.5, 0.6) is 0 Å². The number of amides is 1. The number of aromatic nitrogens is 4. The summed E-state index contributed by atoms with van der Waals surface area (Å²) in [6.45, 7) is 4.79. The lowest BCUT2D eigenvalue weighted by atomic mass is 10.0. The van der Waals surface area contributed by atoms with Crippen molar-refractivity contribution in [3.05, 3.63) is 66.5 Å². The van der Waals surface area contributed by atoms with Gasteiger partial charge in [0, 0.05) is 24.5 Å². The maximum Gasteiger partial charge on any atom is 0.251 e. The smallest absolute Gasteiger partial charge is 0.251 e. The van der Waals surface area contributed by atoms with E-state index < -0.39 is 0 Å². The standard InChI is InChI=1S/C19H21N5O/c1-3-12-24-18(21-13-22-24)14(2)23-19(25)17-6-4-15(5-7-17)16-8-10-20-11-9-16/h4-11,13-14H,3,12H2,1-2H3,(H,23,25). The van der Waals surface area contributed by atoms with Crippen molar-refractivity contribution in [3.8, 4) is 11.1 Å². The molecule has 0 fully saturated rings. The van der Waals surface area contributed by atoms with Gasteiger partial charge in [0.25, 0.3) is 5.91 Å². The van der Waals surface area contributed by atoms with Crippen LogP contribution in [-0.4, -0.2) is 25.7 Å². The van der Waals surface area contributed by atoms with Gasteiger partial charge in [0.05, 0.1) is 6.04 Å². The minimum Gasteiger partial charge on any atom is -0.342 e. The topological polar surface area (TPSA) is 72.7 Å². The van der Waals surface area contributed by atoms with E-state index in [1.165, 1.54) is 6.33 Å². The number of nitrogens with zero attached hydrogens (tertiary/aromatic N) is 4. The van der Waals surface area contributed by atoms with Gasteiger partial charge in [-0.25, -0.2) is 9.67 Å². The second-order valence-corrected chi connectivity index (χ2v) is 5.85. The van der Waals surface area contributed by atoms with E-state index in [0.717, 1.165) is 29.9 Å². The van der Waals surface area contributed by atoms with Crippen LogP contribution in [-0.2, 0) is 6.54 Å². The molecule has 1 N–H and O–H groups in total. The summed E-state index contributed by atoms with van der Waals surface area (Å²) in [5.74, 6) is 0.642. The van der Waals surface area contributed by atoms with Crippen LogP contribution < -0.4 is 5.32 Å². The molecule has 2 aromatic heterocycles. The fourth-order valence-electron chi connectivity index (χ4n) is 2.70. The van der Waals surface area contributed by atoms with Gasteiger partial charge in [-0.15, -0.1) is 0 Å². The maximum atomic E-state index is 12.5. The molecule has 0 spiro atoms. The molecule has 1 unspecified atom stereocenters. The van der Waals surface area contributed by atoms with E-state index in [4.69, 9.17) is 0 Å². The van der Waals surface area contributed by atoms with Gasteiger partial charge in [0.2, 0.25) is 0 Å². The highest BCUT2D eigenvalue weighted by Gasteiger charge is 2.16. The van der Waals surface area contributed by atoms with Crippen LogP contribution in [0.25, 0.3) is 11.1 Å². The molecule has 0 saturated carbocycles. The molecule has 6 nitrogen and oxygen atoms in total. The molecule has 0 saturated heterocycles. The predicted octanol–water partition coefficient (Wildman–Crippen LogP) is 3.24. The maximum absolute atomic E-state index is 12.5. The van der Waals surface area contributed by atoms with Gasteiger partial charge < -0.3 is 5.32 Å². The Kier molecular flexibility index (Phi) is 5.18. The molecule has 3 rings (SSSR count). The van der Waals surface area contributed by atoms with Gasteiger partial charge in [-0.3, -0.25) is 9.78 Å². The van der Waals surface area contributed by atoms with Crippen LogP contribution in [0, 0.1) is 0 Å². The molecule has 6 heteroatoms. The number of rotatable bonds is 6. The van der Waals surface area contributed by atoms with Gasteiger partial charge >= 0.3 is 0 Å². The summed E-state index contributed by atoms with van der Waals surface area (Å²) in [5.41, 5.74) is 2.74. The summed E-state index contributed by atoms with van der Waals surface area (Å²) in [5, 5.41) is 7.19. The SMILES string of the molecule is CCCn1ncnc1C(C)NC(=O)c1ccc(-c2ccncc2)cc1. The molecule has 0 radical (unpaired) electrons. The lowest BCUT2D eigenvalue weighted by molar-refractivity contribution is 0.0937. The Hall–Kier alpha value is -3.02. The normalized spacial score (nSPS) is 11.9. The number of nitrogens with one attached hydrogen (secondary N) is 1. The van der Waals surface area contributed by atoms with E-state index in [0.29, 0.717) is 5.56 Å². The molecule has 1 amide bonds. The predicted molar refractivity (Wildman–Crippen MR) is 95.9 cm³/mol. The fourth-order valence-corrected chi connectivity index (χ4v) is 2.70. The summed E-state index contributed by atoms with van der Waals surface area (Å²) in [4.78, 5) is 20.8. The number of aryl methyl sites for hydroxylation is 1. The lowest BCUT2D eigenvalue weighted by Crippen LogP contribution is -2.29. The van der Waals surface area contributed by atoms with Crippen molar-refractivity contribution in [2.45, 2.75) is 32.9 Å². The zero-order chi connectivity index (χ0) is 17.6. The summed E-state index contributed by atoms with van der Waals surface area (Å²) in [6.07, 6.45) is 6.00. The molecule has 1 atom stereocenters. The molecule has 0 aliphatic rings. The number of hydrogen-bond donors (Lipinski definition) is 1. The Balaban J connectivity index is 1.70. The molecule has 25 heavy (non-hydrogen) atoms. The van der Waals surface area contributed by atoms with Crippen molar-refractivity contribution >= 4 is 5.91 Å². The van der Waals surface area contributed by atoms with Crippen LogP contribution in [0.3, 0.4) is 0 Å². The second kappa shape index (κ2) is 7.70. The first-order valence-corrected chi connectivity index (χ1v) is 8.38. The first-order chi connectivity index (χ1) is 12.2. The van der Waals surface area contributed by atoms with Crippen LogP contribution in [0.15, 0.2) is 55.1 Å². The number of benzene rings is 1. The average Bonchev–Trinajstić information content (AvgIpc) is 3.11. The molecule has 1 aromatic carbocycles. The van der Waals surface area contributed by atoms with Crippen LogP contribution in [0.4, 0.5) is 0 Å². The summed E-state index contributed by atoms with van der Waals surface area (Å²) in [7, 11) is 0. The van der Waals surface area contributed by atoms with Crippen LogP contribution in [0.1, 0.15) is 42.5 Å². The quantitative estimate of drug-likeness (QED) is 0.750. The highest BCUT2D eigenvalue weighted by Crippen LogP contribution is 2.19. The molecule has 0 aliphatic carbocycles. The Morgan fingerprint density at radius 3 is 2.48 bits per heavy atom. The van der Waals surface area contributed by atoms with E-state index in [9.17, 15) is 4.79 Å². The van der Waals surface area contributed by atoms with Crippen LogP contribution in [0.2, 0.25) is 0 Å². The van der Waals surface area contributed by atoms with E-state index in [1.54, 1.807) is 12.4 Å². The van der Waals surface area contributed by atoms with Crippen molar-refractivity contribution in [2.24, 2.45) is 0 Å². The first-order valence-electron chi connectivity index (χ1n) is 8.38. The average molecular weight is 335 g/mol. The summed E-state index contributed by atoms with van der Waals surface area (Å²) in [6, 6.07) is 11.2. The minimum atomic E-state index is -0.207. The van der Waals surface area contributed by atoms with Crippen molar-refractivity contribution in [3.63, 3.8) is 0 Å². The Morgan fingerprint density at radius 2 is 1.80 bits per heavy atom. The zero-order valence-electron chi connectivity index (χ0n) is 14.4. The van der Waals surface area contributed by atoms with Crippen molar-refractivity contribution in [1.29, 1.82) is 0 Å². The van der Waals surface area contributed by atoms with Gasteiger partial charge in [-0.2, -0.15) is 5.10 Å². The molecule has 2 heterocycles. The molecule has 128 valence electrons. The van der Waals surface area contributed by atoms with E-state index >= 15 is 0 Å². The van der Waals surface area contributed by atoms with Gasteiger partial charge in [0.15, 0.2) is 0 Å². The van der Waals surface area contributed by atoms with E-state index in [2.05, 4.69) is 27.3 Å². The summed E-state index contributed by atoms with van der Waals surface area (Å²) < 4.78 is 1.83. The van der Waals surface area contributed by atoms with Gasteiger partial charge in [-0.05, 0) is 48.7 Å². The third-order valence-electron chi connectivity index (χ3n) is 3.98. The summed E-state index contributed by atoms with van der Waals surface area (Å²) >= 11 is 0.